The lowest BCUT2D eigenvalue weighted by Gasteiger charge is -2.17. The topological polar surface area (TPSA) is 105 Å². The van der Waals surface area contributed by atoms with Gasteiger partial charge in [-0.3, -0.25) is 19.3 Å². The average Bonchev–Trinajstić information content (AvgIpc) is 3.16. The number of aliphatic imine (C=N–C) groups is 1. The van der Waals surface area contributed by atoms with Crippen LogP contribution in [0.1, 0.15) is 11.1 Å². The van der Waals surface area contributed by atoms with Gasteiger partial charge in [-0.05, 0) is 48.2 Å². The second kappa shape index (κ2) is 8.10. The first kappa shape index (κ1) is 22.1. The van der Waals surface area contributed by atoms with E-state index in [1.165, 1.54) is 17.0 Å². The highest BCUT2D eigenvalue weighted by Crippen LogP contribution is 2.44. The van der Waals surface area contributed by atoms with Crippen LogP contribution in [-0.4, -0.2) is 29.4 Å². The SMILES string of the molecule is NC1=NC(=O)S/C1=C1/C(=O)N(CC(=O)Nc2cccc(C(F)(F)F)c2)c2ccc(Br)cc21. The maximum absolute atomic E-state index is 13.2. The highest BCUT2D eigenvalue weighted by Gasteiger charge is 2.39. The Kier molecular flexibility index (Phi) is 5.59. The van der Waals surface area contributed by atoms with Crippen LogP contribution in [0.15, 0.2) is 56.8 Å². The maximum atomic E-state index is 13.2. The molecule has 0 fully saturated rings. The fourth-order valence-corrected chi connectivity index (χ4v) is 4.42. The van der Waals surface area contributed by atoms with Gasteiger partial charge in [-0.1, -0.05) is 22.0 Å². The van der Waals surface area contributed by atoms with Crippen LogP contribution in [0.25, 0.3) is 5.57 Å². The molecule has 2 aromatic carbocycles. The summed E-state index contributed by atoms with van der Waals surface area (Å²) in [5, 5.41) is 1.82. The number of hydrogen-bond donors (Lipinski definition) is 2. The molecule has 0 saturated carbocycles. The maximum Gasteiger partial charge on any atom is 0.416 e. The third-order valence-electron chi connectivity index (χ3n) is 4.61. The van der Waals surface area contributed by atoms with Crippen molar-refractivity contribution in [2.75, 3.05) is 16.8 Å². The number of carbonyl (C=O) groups is 3. The first-order valence-corrected chi connectivity index (χ1v) is 10.5. The lowest BCUT2D eigenvalue weighted by molar-refractivity contribution is -0.137. The van der Waals surface area contributed by atoms with Crippen LogP contribution >= 0.6 is 27.7 Å². The van der Waals surface area contributed by atoms with Crippen molar-refractivity contribution in [1.82, 2.24) is 0 Å². The van der Waals surface area contributed by atoms with Crippen molar-refractivity contribution >= 4 is 67.5 Å². The number of nitrogens with zero attached hydrogens (tertiary/aromatic N) is 2. The first-order valence-electron chi connectivity index (χ1n) is 8.94. The normalized spacial score (nSPS) is 18.1. The minimum atomic E-state index is -4.56. The van der Waals surface area contributed by atoms with Crippen molar-refractivity contribution in [3.63, 3.8) is 0 Å². The Bertz CT molecular complexity index is 1240. The number of fused-ring (bicyclic) bond motifs is 1. The summed E-state index contributed by atoms with van der Waals surface area (Å²) in [6.07, 6.45) is -4.56. The fourth-order valence-electron chi connectivity index (χ4n) is 3.29. The van der Waals surface area contributed by atoms with Gasteiger partial charge in [0.25, 0.3) is 5.91 Å². The molecule has 2 heterocycles. The zero-order chi connectivity index (χ0) is 23.2. The minimum absolute atomic E-state index is 0.0561. The molecule has 0 atom stereocenters. The van der Waals surface area contributed by atoms with E-state index < -0.39 is 35.3 Å². The van der Waals surface area contributed by atoms with Crippen LogP contribution in [0.5, 0.6) is 0 Å². The first-order chi connectivity index (χ1) is 15.0. The molecule has 0 saturated heterocycles. The fraction of sp³-hybridized carbons (Fsp3) is 0.100. The molecule has 0 spiro atoms. The Morgan fingerprint density at radius 2 is 1.94 bits per heavy atom. The summed E-state index contributed by atoms with van der Waals surface area (Å²) >= 11 is 4.04. The predicted octanol–water partition coefficient (Wildman–Crippen LogP) is 4.39. The number of rotatable bonds is 3. The highest BCUT2D eigenvalue weighted by molar-refractivity contribution is 9.10. The smallest absolute Gasteiger partial charge is 0.383 e. The lowest BCUT2D eigenvalue weighted by atomic mass is 10.1. The van der Waals surface area contributed by atoms with Crippen molar-refractivity contribution in [1.29, 1.82) is 0 Å². The number of carbonyl (C=O) groups excluding carboxylic acids is 3. The van der Waals surface area contributed by atoms with Gasteiger partial charge in [0.2, 0.25) is 5.91 Å². The summed E-state index contributed by atoms with van der Waals surface area (Å²) in [6.45, 7) is -0.462. The predicted molar refractivity (Wildman–Crippen MR) is 118 cm³/mol. The van der Waals surface area contributed by atoms with Crippen molar-refractivity contribution in [2.24, 2.45) is 10.7 Å². The molecular weight excluding hydrogens is 513 g/mol. The number of thioether (sulfide) groups is 1. The second-order valence-electron chi connectivity index (χ2n) is 6.75. The Morgan fingerprint density at radius 1 is 1.19 bits per heavy atom. The van der Waals surface area contributed by atoms with Crippen LogP contribution in [0.4, 0.5) is 29.3 Å². The molecule has 0 aliphatic carbocycles. The van der Waals surface area contributed by atoms with Gasteiger partial charge in [0.05, 0.1) is 21.7 Å². The summed E-state index contributed by atoms with van der Waals surface area (Å²) in [5.74, 6) is -1.37. The highest BCUT2D eigenvalue weighted by atomic mass is 79.9. The van der Waals surface area contributed by atoms with E-state index in [0.717, 1.165) is 12.1 Å². The molecular formula is C20H12BrF3N4O3S. The van der Waals surface area contributed by atoms with Crippen molar-refractivity contribution in [3.8, 4) is 0 Å². The lowest BCUT2D eigenvalue weighted by Crippen LogP contribution is -2.35. The number of nitrogens with two attached hydrogens (primary N) is 1. The Balaban J connectivity index is 1.63. The summed E-state index contributed by atoms with van der Waals surface area (Å²) in [7, 11) is 0. The molecule has 2 aliphatic rings. The molecule has 12 heteroatoms. The van der Waals surface area contributed by atoms with E-state index in [9.17, 15) is 27.6 Å². The molecule has 0 radical (unpaired) electrons. The third-order valence-corrected chi connectivity index (χ3v) is 5.99. The Morgan fingerprint density at radius 3 is 2.59 bits per heavy atom. The molecule has 0 unspecified atom stereocenters. The van der Waals surface area contributed by atoms with E-state index in [1.54, 1.807) is 18.2 Å². The van der Waals surface area contributed by atoms with Gasteiger partial charge in [-0.2, -0.15) is 18.2 Å². The number of anilines is 2. The van der Waals surface area contributed by atoms with E-state index in [2.05, 4.69) is 26.2 Å². The Hall–Kier alpha value is -3.12. The van der Waals surface area contributed by atoms with Gasteiger partial charge in [0.15, 0.2) is 0 Å². The summed E-state index contributed by atoms with van der Waals surface area (Å²) in [5.41, 5.74) is 5.81. The minimum Gasteiger partial charge on any atom is -0.383 e. The number of amidine groups is 1. The van der Waals surface area contributed by atoms with Gasteiger partial charge in [-0.25, -0.2) is 0 Å². The molecule has 3 amide bonds. The largest absolute Gasteiger partial charge is 0.416 e. The molecule has 7 nitrogen and oxygen atoms in total. The second-order valence-corrected chi connectivity index (χ2v) is 8.63. The summed E-state index contributed by atoms with van der Waals surface area (Å²) < 4.78 is 39.4. The molecule has 2 aromatic rings. The third kappa shape index (κ3) is 4.15. The number of nitrogens with one attached hydrogen (secondary N) is 1. The molecule has 164 valence electrons. The number of alkyl halides is 3. The van der Waals surface area contributed by atoms with Crippen LogP contribution in [-0.2, 0) is 15.8 Å². The van der Waals surface area contributed by atoms with Gasteiger partial charge < -0.3 is 11.1 Å². The molecule has 0 aromatic heterocycles. The van der Waals surface area contributed by atoms with E-state index in [1.807, 2.05) is 0 Å². The van der Waals surface area contributed by atoms with Crippen LogP contribution in [0.3, 0.4) is 0 Å². The van der Waals surface area contributed by atoms with E-state index in [-0.39, 0.29) is 22.0 Å². The average molecular weight is 525 g/mol. The van der Waals surface area contributed by atoms with E-state index in [0.29, 0.717) is 27.5 Å². The van der Waals surface area contributed by atoms with Crippen LogP contribution < -0.4 is 16.0 Å². The van der Waals surface area contributed by atoms with E-state index >= 15 is 0 Å². The van der Waals surface area contributed by atoms with Gasteiger partial charge in [-0.15, -0.1) is 0 Å². The molecule has 0 bridgehead atoms. The molecule has 2 aliphatic heterocycles. The number of hydrogen-bond acceptors (Lipinski definition) is 5. The van der Waals surface area contributed by atoms with Gasteiger partial charge in [0.1, 0.15) is 12.4 Å². The molecule has 4 rings (SSSR count). The van der Waals surface area contributed by atoms with Gasteiger partial charge in [0, 0.05) is 15.7 Å². The van der Waals surface area contributed by atoms with Gasteiger partial charge >= 0.3 is 11.4 Å². The summed E-state index contributed by atoms with van der Waals surface area (Å²) in [4.78, 5) is 42.4. The van der Waals surface area contributed by atoms with Crippen molar-refractivity contribution in [3.05, 3.63) is 63.0 Å². The van der Waals surface area contributed by atoms with Crippen molar-refractivity contribution < 1.29 is 27.6 Å². The number of amides is 3. The number of halogens is 4. The quantitative estimate of drug-likeness (QED) is 0.579. The standard InChI is InChI=1S/C20H12BrF3N4O3S/c21-10-4-5-13-12(7-10)15(16-17(25)27-19(31)32-16)18(30)28(13)8-14(29)26-11-3-1-2-9(6-11)20(22,23)24/h1-7H,8H2,(H,26,29)(H2,25,27,31)/b16-15+. The molecule has 32 heavy (non-hydrogen) atoms. The van der Waals surface area contributed by atoms with Crippen molar-refractivity contribution in [2.45, 2.75) is 6.18 Å². The monoisotopic (exact) mass is 524 g/mol. The molecule has 3 N–H and O–H groups in total. The van der Waals surface area contributed by atoms with E-state index in [4.69, 9.17) is 5.73 Å². The van der Waals surface area contributed by atoms with Crippen LogP contribution in [0, 0.1) is 0 Å². The zero-order valence-corrected chi connectivity index (χ0v) is 18.3. The zero-order valence-electron chi connectivity index (χ0n) is 15.9. The van der Waals surface area contributed by atoms with Crippen LogP contribution in [0.2, 0.25) is 0 Å². The Labute approximate surface area is 191 Å². The number of benzene rings is 2. The summed E-state index contributed by atoms with van der Waals surface area (Å²) in [6, 6.07) is 9.11.